The van der Waals surface area contributed by atoms with E-state index >= 15 is 0 Å². The first-order valence-corrected chi connectivity index (χ1v) is 7.11. The molecule has 0 aliphatic heterocycles. The second kappa shape index (κ2) is 7.50. The maximum Gasteiger partial charge on any atom is 0.314 e. The van der Waals surface area contributed by atoms with Crippen LogP contribution >= 0.6 is 11.6 Å². The molecule has 0 bridgehead atoms. The number of rotatable bonds is 5. The normalized spacial score (nSPS) is 12.8. The van der Waals surface area contributed by atoms with E-state index in [0.29, 0.717) is 11.6 Å². The van der Waals surface area contributed by atoms with E-state index < -0.39 is 6.10 Å². The van der Waals surface area contributed by atoms with Gasteiger partial charge in [0, 0.05) is 18.1 Å². The predicted molar refractivity (Wildman–Crippen MR) is 82.0 cm³/mol. The Bertz CT molecular complexity index is 444. The molecule has 1 atom stereocenters. The second-order valence-corrected chi connectivity index (χ2v) is 6.33. The van der Waals surface area contributed by atoms with Crippen molar-refractivity contribution in [1.29, 1.82) is 0 Å². The summed E-state index contributed by atoms with van der Waals surface area (Å²) in [4.78, 5) is 11.6. The number of hydrogen-bond acceptors (Lipinski definition) is 2. The molecule has 0 saturated carbocycles. The van der Waals surface area contributed by atoms with Crippen molar-refractivity contribution in [2.75, 3.05) is 13.1 Å². The van der Waals surface area contributed by atoms with E-state index in [1.54, 1.807) is 0 Å². The van der Waals surface area contributed by atoms with E-state index in [9.17, 15) is 9.90 Å². The molecule has 0 heterocycles. The van der Waals surface area contributed by atoms with Crippen LogP contribution in [0, 0.1) is 5.41 Å². The number of aliphatic hydroxyl groups is 1. The Hall–Kier alpha value is -1.26. The maximum atomic E-state index is 11.6. The van der Waals surface area contributed by atoms with Crippen LogP contribution in [0.5, 0.6) is 0 Å². The minimum atomic E-state index is -0.568. The fourth-order valence-electron chi connectivity index (χ4n) is 1.57. The third-order valence-corrected chi connectivity index (χ3v) is 3.28. The zero-order valence-corrected chi connectivity index (χ0v) is 13.0. The van der Waals surface area contributed by atoms with Gasteiger partial charge in [-0.3, -0.25) is 0 Å². The van der Waals surface area contributed by atoms with Crippen molar-refractivity contribution in [2.45, 2.75) is 33.3 Å². The van der Waals surface area contributed by atoms with Crippen LogP contribution in [0.15, 0.2) is 24.3 Å². The molecular formula is C15H23ClN2O2. The van der Waals surface area contributed by atoms with Crippen molar-refractivity contribution in [3.8, 4) is 0 Å². The molecule has 0 radical (unpaired) electrons. The molecule has 5 heteroatoms. The molecular weight excluding hydrogens is 276 g/mol. The van der Waals surface area contributed by atoms with Gasteiger partial charge in [-0.1, -0.05) is 44.5 Å². The molecule has 112 valence electrons. The lowest BCUT2D eigenvalue weighted by atomic mass is 9.89. The fraction of sp³-hybridized carbons (Fsp3) is 0.533. The number of hydrogen-bond donors (Lipinski definition) is 3. The van der Waals surface area contributed by atoms with E-state index in [0.717, 1.165) is 12.0 Å². The van der Waals surface area contributed by atoms with Gasteiger partial charge in [0.2, 0.25) is 0 Å². The van der Waals surface area contributed by atoms with Gasteiger partial charge >= 0.3 is 6.03 Å². The van der Waals surface area contributed by atoms with Gasteiger partial charge in [-0.2, -0.15) is 0 Å². The summed E-state index contributed by atoms with van der Waals surface area (Å²) in [6.45, 7) is 6.55. The average Bonchev–Trinajstić information content (AvgIpc) is 2.35. The molecule has 1 rings (SSSR count). The van der Waals surface area contributed by atoms with Gasteiger partial charge in [0.05, 0.1) is 6.10 Å². The first-order chi connectivity index (χ1) is 9.29. The summed E-state index contributed by atoms with van der Waals surface area (Å²) in [5, 5.41) is 15.9. The second-order valence-electron chi connectivity index (χ2n) is 5.90. The number of benzene rings is 1. The zero-order chi connectivity index (χ0) is 15.2. The average molecular weight is 299 g/mol. The number of urea groups is 1. The van der Waals surface area contributed by atoms with Crippen LogP contribution in [0.2, 0.25) is 5.02 Å². The van der Waals surface area contributed by atoms with Crippen LogP contribution in [-0.2, 0) is 6.42 Å². The fourth-order valence-corrected chi connectivity index (χ4v) is 1.78. The number of carbonyl (C=O) groups excluding carboxylic acids is 1. The Morgan fingerprint density at radius 2 is 2.05 bits per heavy atom. The molecule has 2 amide bonds. The van der Waals surface area contributed by atoms with E-state index in [4.69, 9.17) is 11.6 Å². The van der Waals surface area contributed by atoms with Gasteiger partial charge in [0.25, 0.3) is 0 Å². The molecule has 0 saturated heterocycles. The molecule has 0 aliphatic carbocycles. The summed E-state index contributed by atoms with van der Waals surface area (Å²) in [6.07, 6.45) is 0.150. The Morgan fingerprint density at radius 1 is 1.35 bits per heavy atom. The lowest BCUT2D eigenvalue weighted by molar-refractivity contribution is 0.0650. The van der Waals surface area contributed by atoms with E-state index in [2.05, 4.69) is 10.6 Å². The standard InChI is InChI=1S/C15H23ClN2O2/c1-15(2,3)13(19)10-18-14(20)17-8-7-11-5-4-6-12(16)9-11/h4-6,9,13,19H,7-8,10H2,1-3H3,(H2,17,18,20). The van der Waals surface area contributed by atoms with Gasteiger partial charge in [-0.05, 0) is 29.5 Å². The van der Waals surface area contributed by atoms with Crippen molar-refractivity contribution < 1.29 is 9.90 Å². The number of carbonyl (C=O) groups is 1. The van der Waals surface area contributed by atoms with Crippen molar-refractivity contribution in [3.05, 3.63) is 34.9 Å². The number of aliphatic hydroxyl groups excluding tert-OH is 1. The van der Waals surface area contributed by atoms with Gasteiger partial charge in [-0.25, -0.2) is 4.79 Å². The molecule has 0 aliphatic rings. The molecule has 4 nitrogen and oxygen atoms in total. The van der Waals surface area contributed by atoms with Crippen LogP contribution < -0.4 is 10.6 Å². The van der Waals surface area contributed by atoms with E-state index in [1.165, 1.54) is 0 Å². The lowest BCUT2D eigenvalue weighted by Crippen LogP contribution is -2.44. The number of amides is 2. The van der Waals surface area contributed by atoms with Gasteiger partial charge in [0.15, 0.2) is 0 Å². The summed E-state index contributed by atoms with van der Waals surface area (Å²) in [6, 6.07) is 7.28. The quantitative estimate of drug-likeness (QED) is 0.782. The van der Waals surface area contributed by atoms with Gasteiger partial charge in [0.1, 0.15) is 0 Å². The Labute approximate surface area is 125 Å². The Balaban J connectivity index is 2.24. The largest absolute Gasteiger partial charge is 0.391 e. The topological polar surface area (TPSA) is 61.4 Å². The molecule has 0 fully saturated rings. The first-order valence-electron chi connectivity index (χ1n) is 6.73. The Kier molecular flexibility index (Phi) is 6.30. The molecule has 20 heavy (non-hydrogen) atoms. The van der Waals surface area contributed by atoms with Gasteiger partial charge < -0.3 is 15.7 Å². The molecule has 1 aromatic carbocycles. The van der Waals surface area contributed by atoms with Crippen molar-refractivity contribution in [3.63, 3.8) is 0 Å². The maximum absolute atomic E-state index is 11.6. The number of nitrogens with one attached hydrogen (secondary N) is 2. The molecule has 0 aromatic heterocycles. The highest BCUT2D eigenvalue weighted by Gasteiger charge is 2.22. The summed E-state index contributed by atoms with van der Waals surface area (Å²) in [5.74, 6) is 0. The van der Waals surface area contributed by atoms with Crippen molar-refractivity contribution >= 4 is 17.6 Å². The van der Waals surface area contributed by atoms with Crippen molar-refractivity contribution in [1.82, 2.24) is 10.6 Å². The summed E-state index contributed by atoms with van der Waals surface area (Å²) in [7, 11) is 0. The first kappa shape index (κ1) is 16.8. The van der Waals surface area contributed by atoms with Crippen LogP contribution in [0.3, 0.4) is 0 Å². The summed E-state index contributed by atoms with van der Waals surface area (Å²) in [5.41, 5.74) is 0.834. The minimum absolute atomic E-state index is 0.242. The zero-order valence-electron chi connectivity index (χ0n) is 12.2. The molecule has 1 aromatic rings. The van der Waals surface area contributed by atoms with E-state index in [-0.39, 0.29) is 18.0 Å². The highest BCUT2D eigenvalue weighted by atomic mass is 35.5. The molecule has 0 spiro atoms. The third kappa shape index (κ3) is 6.26. The summed E-state index contributed by atoms with van der Waals surface area (Å²) >= 11 is 5.89. The smallest absolute Gasteiger partial charge is 0.314 e. The summed E-state index contributed by atoms with van der Waals surface area (Å²) < 4.78 is 0. The Morgan fingerprint density at radius 3 is 2.65 bits per heavy atom. The third-order valence-electron chi connectivity index (χ3n) is 3.04. The molecule has 1 unspecified atom stereocenters. The minimum Gasteiger partial charge on any atom is -0.391 e. The SMILES string of the molecule is CC(C)(C)C(O)CNC(=O)NCCc1cccc(Cl)c1. The van der Waals surface area contributed by atoms with Gasteiger partial charge in [-0.15, -0.1) is 0 Å². The predicted octanol–water partition coefficient (Wildman–Crippen LogP) is 2.59. The van der Waals surface area contributed by atoms with Crippen LogP contribution in [0.25, 0.3) is 0 Å². The monoisotopic (exact) mass is 298 g/mol. The van der Waals surface area contributed by atoms with Crippen LogP contribution in [0.1, 0.15) is 26.3 Å². The highest BCUT2D eigenvalue weighted by molar-refractivity contribution is 6.30. The van der Waals surface area contributed by atoms with E-state index in [1.807, 2.05) is 45.0 Å². The molecule has 3 N–H and O–H groups in total. The van der Waals surface area contributed by atoms with Crippen LogP contribution in [0.4, 0.5) is 4.79 Å². The van der Waals surface area contributed by atoms with Crippen LogP contribution in [-0.4, -0.2) is 30.3 Å². The highest BCUT2D eigenvalue weighted by Crippen LogP contribution is 2.17. The number of halogens is 1. The lowest BCUT2D eigenvalue weighted by Gasteiger charge is -2.25. The van der Waals surface area contributed by atoms with Crippen molar-refractivity contribution in [2.24, 2.45) is 5.41 Å².